The monoisotopic (exact) mass is 363 g/mol. The van der Waals surface area contributed by atoms with Gasteiger partial charge in [-0.3, -0.25) is 4.79 Å². The molecule has 27 heavy (non-hydrogen) atoms. The van der Waals surface area contributed by atoms with E-state index in [1.165, 1.54) is 0 Å². The summed E-state index contributed by atoms with van der Waals surface area (Å²) in [7, 11) is 0. The SMILES string of the molecule is CCOc1ccc(CC(=O)NCc2c(C)nn(-c3ccccc3)c2C)cc1. The number of aryl methyl sites for hydroxylation is 1. The molecular weight excluding hydrogens is 338 g/mol. The Kier molecular flexibility index (Phi) is 5.91. The highest BCUT2D eigenvalue weighted by Crippen LogP contribution is 2.18. The molecule has 0 aliphatic heterocycles. The zero-order valence-electron chi connectivity index (χ0n) is 16.0. The Hall–Kier alpha value is -3.08. The van der Waals surface area contributed by atoms with Gasteiger partial charge in [0.25, 0.3) is 0 Å². The van der Waals surface area contributed by atoms with Crippen LogP contribution in [0.5, 0.6) is 5.75 Å². The van der Waals surface area contributed by atoms with Crippen molar-refractivity contribution in [3.63, 3.8) is 0 Å². The van der Waals surface area contributed by atoms with Crippen molar-refractivity contribution < 1.29 is 9.53 Å². The summed E-state index contributed by atoms with van der Waals surface area (Å²) in [5.41, 5.74) is 5.01. The first-order chi connectivity index (χ1) is 13.1. The first-order valence-electron chi connectivity index (χ1n) is 9.17. The van der Waals surface area contributed by atoms with Crippen LogP contribution in [0.25, 0.3) is 5.69 Å². The highest BCUT2D eigenvalue weighted by atomic mass is 16.5. The third-order valence-corrected chi connectivity index (χ3v) is 4.50. The molecule has 3 rings (SSSR count). The number of hydrogen-bond donors (Lipinski definition) is 1. The van der Waals surface area contributed by atoms with E-state index in [0.29, 0.717) is 19.6 Å². The molecule has 0 atom stereocenters. The van der Waals surface area contributed by atoms with Crippen LogP contribution in [0.2, 0.25) is 0 Å². The highest BCUT2D eigenvalue weighted by Gasteiger charge is 2.13. The molecular formula is C22H25N3O2. The predicted molar refractivity (Wildman–Crippen MR) is 106 cm³/mol. The molecule has 0 aliphatic rings. The Morgan fingerprint density at radius 3 is 2.44 bits per heavy atom. The molecule has 0 aliphatic carbocycles. The van der Waals surface area contributed by atoms with Crippen molar-refractivity contribution in [2.75, 3.05) is 6.61 Å². The van der Waals surface area contributed by atoms with Crippen molar-refractivity contribution in [1.82, 2.24) is 15.1 Å². The van der Waals surface area contributed by atoms with E-state index in [2.05, 4.69) is 10.4 Å². The molecule has 2 aromatic carbocycles. The van der Waals surface area contributed by atoms with Gasteiger partial charge in [0.05, 0.1) is 24.4 Å². The summed E-state index contributed by atoms with van der Waals surface area (Å²) < 4.78 is 7.35. The number of nitrogens with one attached hydrogen (secondary N) is 1. The fourth-order valence-corrected chi connectivity index (χ4v) is 3.06. The molecule has 0 saturated carbocycles. The number of ether oxygens (including phenoxy) is 1. The summed E-state index contributed by atoms with van der Waals surface area (Å²) in [4.78, 5) is 12.3. The maximum atomic E-state index is 12.3. The maximum absolute atomic E-state index is 12.3. The summed E-state index contributed by atoms with van der Waals surface area (Å²) in [5, 5.41) is 7.63. The molecule has 0 fully saturated rings. The second kappa shape index (κ2) is 8.54. The van der Waals surface area contributed by atoms with Gasteiger partial charge < -0.3 is 10.1 Å². The number of rotatable bonds is 7. The van der Waals surface area contributed by atoms with E-state index in [4.69, 9.17) is 4.74 Å². The number of hydrogen-bond acceptors (Lipinski definition) is 3. The van der Waals surface area contributed by atoms with Gasteiger partial charge in [-0.05, 0) is 50.6 Å². The van der Waals surface area contributed by atoms with E-state index >= 15 is 0 Å². The van der Waals surface area contributed by atoms with Crippen LogP contribution in [0.3, 0.4) is 0 Å². The normalized spacial score (nSPS) is 10.6. The number of carbonyl (C=O) groups excluding carboxylic acids is 1. The number of nitrogens with zero attached hydrogens (tertiary/aromatic N) is 2. The predicted octanol–water partition coefficient (Wildman–Crippen LogP) is 3.75. The molecule has 5 heteroatoms. The molecule has 1 amide bonds. The number of para-hydroxylation sites is 1. The molecule has 0 spiro atoms. The average Bonchev–Trinajstić information content (AvgIpc) is 2.96. The van der Waals surface area contributed by atoms with Gasteiger partial charge in [0.1, 0.15) is 5.75 Å². The van der Waals surface area contributed by atoms with Crippen LogP contribution < -0.4 is 10.1 Å². The smallest absolute Gasteiger partial charge is 0.224 e. The van der Waals surface area contributed by atoms with E-state index < -0.39 is 0 Å². The first kappa shape index (κ1) is 18.7. The summed E-state index contributed by atoms with van der Waals surface area (Å²) in [5.74, 6) is 0.812. The molecule has 1 heterocycles. The van der Waals surface area contributed by atoms with Gasteiger partial charge in [0.2, 0.25) is 5.91 Å². The van der Waals surface area contributed by atoms with Crippen LogP contribution in [-0.2, 0) is 17.8 Å². The van der Waals surface area contributed by atoms with Crippen molar-refractivity contribution in [3.05, 3.63) is 77.1 Å². The van der Waals surface area contributed by atoms with Gasteiger partial charge in [-0.1, -0.05) is 30.3 Å². The maximum Gasteiger partial charge on any atom is 0.224 e. The van der Waals surface area contributed by atoms with Crippen molar-refractivity contribution in [1.29, 1.82) is 0 Å². The largest absolute Gasteiger partial charge is 0.494 e. The van der Waals surface area contributed by atoms with Crippen molar-refractivity contribution in [2.45, 2.75) is 33.7 Å². The number of amides is 1. The van der Waals surface area contributed by atoms with Gasteiger partial charge in [0, 0.05) is 17.8 Å². The molecule has 0 unspecified atom stereocenters. The molecule has 0 saturated heterocycles. The first-order valence-corrected chi connectivity index (χ1v) is 9.17. The lowest BCUT2D eigenvalue weighted by Crippen LogP contribution is -2.25. The summed E-state index contributed by atoms with van der Waals surface area (Å²) in [6.45, 7) is 7.06. The van der Waals surface area contributed by atoms with Gasteiger partial charge in [0.15, 0.2) is 0 Å². The topological polar surface area (TPSA) is 56.1 Å². The van der Waals surface area contributed by atoms with Gasteiger partial charge in [-0.15, -0.1) is 0 Å². The molecule has 3 aromatic rings. The second-order valence-corrected chi connectivity index (χ2v) is 6.43. The number of aromatic nitrogens is 2. The Balaban J connectivity index is 1.63. The average molecular weight is 363 g/mol. The van der Waals surface area contributed by atoms with Gasteiger partial charge in [-0.25, -0.2) is 4.68 Å². The fraction of sp³-hybridized carbons (Fsp3) is 0.273. The van der Waals surface area contributed by atoms with E-state index in [0.717, 1.165) is 34.0 Å². The van der Waals surface area contributed by atoms with Crippen LogP contribution in [0.15, 0.2) is 54.6 Å². The number of carbonyl (C=O) groups is 1. The second-order valence-electron chi connectivity index (χ2n) is 6.43. The van der Waals surface area contributed by atoms with Gasteiger partial charge >= 0.3 is 0 Å². The van der Waals surface area contributed by atoms with E-state index in [1.54, 1.807) is 0 Å². The van der Waals surface area contributed by atoms with Crippen molar-refractivity contribution >= 4 is 5.91 Å². The van der Waals surface area contributed by atoms with E-state index in [9.17, 15) is 4.79 Å². The zero-order chi connectivity index (χ0) is 19.2. The van der Waals surface area contributed by atoms with Crippen molar-refractivity contribution in [2.24, 2.45) is 0 Å². The Morgan fingerprint density at radius 1 is 1.07 bits per heavy atom. The minimum absolute atomic E-state index is 0.00887. The van der Waals surface area contributed by atoms with Crippen LogP contribution in [0.4, 0.5) is 0 Å². The Morgan fingerprint density at radius 2 is 1.78 bits per heavy atom. The van der Waals surface area contributed by atoms with Crippen LogP contribution >= 0.6 is 0 Å². The lowest BCUT2D eigenvalue weighted by molar-refractivity contribution is -0.120. The summed E-state index contributed by atoms with van der Waals surface area (Å²) in [6, 6.07) is 17.6. The summed E-state index contributed by atoms with van der Waals surface area (Å²) in [6.07, 6.45) is 0.345. The third kappa shape index (κ3) is 4.56. The van der Waals surface area contributed by atoms with Gasteiger partial charge in [-0.2, -0.15) is 5.10 Å². The molecule has 1 N–H and O–H groups in total. The van der Waals surface area contributed by atoms with Crippen molar-refractivity contribution in [3.8, 4) is 11.4 Å². The molecule has 1 aromatic heterocycles. The molecule has 140 valence electrons. The summed E-state index contributed by atoms with van der Waals surface area (Å²) >= 11 is 0. The third-order valence-electron chi connectivity index (χ3n) is 4.50. The zero-order valence-corrected chi connectivity index (χ0v) is 16.0. The quantitative estimate of drug-likeness (QED) is 0.696. The number of benzene rings is 2. The fourth-order valence-electron chi connectivity index (χ4n) is 3.06. The lowest BCUT2D eigenvalue weighted by Gasteiger charge is -2.08. The van der Waals surface area contributed by atoms with E-state index in [-0.39, 0.29) is 5.91 Å². The van der Waals surface area contributed by atoms with Crippen LogP contribution in [0.1, 0.15) is 29.4 Å². The highest BCUT2D eigenvalue weighted by molar-refractivity contribution is 5.78. The standard InChI is InChI=1S/C22H25N3O2/c1-4-27-20-12-10-18(11-13-20)14-22(26)23-15-21-16(2)24-25(17(21)3)19-8-6-5-7-9-19/h5-13H,4,14-15H2,1-3H3,(H,23,26). The Bertz CT molecular complexity index is 899. The van der Waals surface area contributed by atoms with Crippen LogP contribution in [-0.4, -0.2) is 22.3 Å². The molecule has 0 bridgehead atoms. The minimum Gasteiger partial charge on any atom is -0.494 e. The Labute approximate surface area is 160 Å². The minimum atomic E-state index is -0.00887. The van der Waals surface area contributed by atoms with E-state index in [1.807, 2.05) is 80.1 Å². The molecule has 5 nitrogen and oxygen atoms in total. The lowest BCUT2D eigenvalue weighted by atomic mass is 10.1. The van der Waals surface area contributed by atoms with Crippen LogP contribution in [0, 0.1) is 13.8 Å². The molecule has 0 radical (unpaired) electrons.